The van der Waals surface area contributed by atoms with Gasteiger partial charge in [-0.25, -0.2) is 0 Å². The van der Waals surface area contributed by atoms with Crippen LogP contribution >= 0.6 is 0 Å². The molecule has 2 rings (SSSR count). The lowest BCUT2D eigenvalue weighted by molar-refractivity contribution is 0.0696. The maximum atomic E-state index is 5.73. The molecular formula is C16H33N3O. The number of hydrogen-bond acceptors (Lipinski definition) is 4. The number of rotatable bonds is 5. The third-order valence-electron chi connectivity index (χ3n) is 4.65. The van der Waals surface area contributed by atoms with Crippen molar-refractivity contribution in [2.45, 2.75) is 39.7 Å². The van der Waals surface area contributed by atoms with Gasteiger partial charge in [-0.3, -0.25) is 0 Å². The molecule has 1 atom stereocenters. The van der Waals surface area contributed by atoms with Gasteiger partial charge in [-0.05, 0) is 33.7 Å². The van der Waals surface area contributed by atoms with Crippen LogP contribution in [0.5, 0.6) is 0 Å². The lowest BCUT2D eigenvalue weighted by atomic mass is 9.85. The number of piperazine rings is 1. The number of ether oxygens (including phenoxy) is 1. The van der Waals surface area contributed by atoms with Gasteiger partial charge in [-0.15, -0.1) is 0 Å². The van der Waals surface area contributed by atoms with Crippen LogP contribution in [0.1, 0.15) is 34.1 Å². The molecule has 1 N–H and O–H groups in total. The van der Waals surface area contributed by atoms with E-state index in [1.54, 1.807) is 0 Å². The van der Waals surface area contributed by atoms with E-state index in [2.05, 4.69) is 42.8 Å². The van der Waals surface area contributed by atoms with Crippen molar-refractivity contribution in [1.82, 2.24) is 15.1 Å². The van der Waals surface area contributed by atoms with Crippen molar-refractivity contribution in [2.75, 3.05) is 59.0 Å². The molecule has 0 aliphatic carbocycles. The molecule has 0 saturated carbocycles. The standard InChI is InChI=1S/C16H33N3O/c1-5-18-7-9-19(10-8-18)13-16(6-11-20-14-16)12-17-15(2,3)4/h17H,5-14H2,1-4H3. The normalized spacial score (nSPS) is 30.0. The highest BCUT2D eigenvalue weighted by Gasteiger charge is 2.37. The van der Waals surface area contributed by atoms with Crippen LogP contribution < -0.4 is 5.32 Å². The second kappa shape index (κ2) is 6.73. The molecule has 0 radical (unpaired) electrons. The van der Waals surface area contributed by atoms with Gasteiger partial charge in [0, 0.05) is 56.8 Å². The van der Waals surface area contributed by atoms with Crippen LogP contribution in [0.4, 0.5) is 0 Å². The molecule has 4 nitrogen and oxygen atoms in total. The van der Waals surface area contributed by atoms with E-state index in [1.807, 2.05) is 0 Å². The van der Waals surface area contributed by atoms with Crippen molar-refractivity contribution >= 4 is 0 Å². The molecule has 2 aliphatic heterocycles. The molecule has 118 valence electrons. The lowest BCUT2D eigenvalue weighted by Gasteiger charge is -2.40. The van der Waals surface area contributed by atoms with Crippen LogP contribution in [0, 0.1) is 5.41 Å². The Morgan fingerprint density at radius 3 is 2.25 bits per heavy atom. The molecule has 0 aromatic heterocycles. The fourth-order valence-electron chi connectivity index (χ4n) is 3.16. The topological polar surface area (TPSA) is 27.7 Å². The van der Waals surface area contributed by atoms with Gasteiger partial charge in [0.05, 0.1) is 6.61 Å². The van der Waals surface area contributed by atoms with Crippen molar-refractivity contribution in [3.05, 3.63) is 0 Å². The van der Waals surface area contributed by atoms with Crippen LogP contribution in [-0.2, 0) is 4.74 Å². The summed E-state index contributed by atoms with van der Waals surface area (Å²) in [6.45, 7) is 19.2. The number of hydrogen-bond donors (Lipinski definition) is 1. The van der Waals surface area contributed by atoms with E-state index in [1.165, 1.54) is 45.7 Å². The van der Waals surface area contributed by atoms with Crippen molar-refractivity contribution in [3.63, 3.8) is 0 Å². The minimum absolute atomic E-state index is 0.191. The lowest BCUT2D eigenvalue weighted by Crippen LogP contribution is -2.53. The Morgan fingerprint density at radius 1 is 1.10 bits per heavy atom. The van der Waals surface area contributed by atoms with Crippen molar-refractivity contribution < 1.29 is 4.74 Å². The quantitative estimate of drug-likeness (QED) is 0.826. The molecule has 2 fully saturated rings. The monoisotopic (exact) mass is 283 g/mol. The first-order chi connectivity index (χ1) is 9.42. The molecule has 0 spiro atoms. The Labute approximate surface area is 124 Å². The van der Waals surface area contributed by atoms with Crippen LogP contribution in [0.2, 0.25) is 0 Å². The van der Waals surface area contributed by atoms with E-state index < -0.39 is 0 Å². The zero-order chi connectivity index (χ0) is 14.6. The number of likely N-dealkylation sites (N-methyl/N-ethyl adjacent to an activating group) is 1. The summed E-state index contributed by atoms with van der Waals surface area (Å²) in [5.41, 5.74) is 0.512. The maximum Gasteiger partial charge on any atom is 0.0547 e. The second-order valence-corrected chi connectivity index (χ2v) is 7.62. The molecule has 1 unspecified atom stereocenters. The van der Waals surface area contributed by atoms with Gasteiger partial charge in [0.25, 0.3) is 0 Å². The molecule has 20 heavy (non-hydrogen) atoms. The van der Waals surface area contributed by atoms with E-state index in [4.69, 9.17) is 4.74 Å². The third kappa shape index (κ3) is 4.69. The molecular weight excluding hydrogens is 250 g/mol. The average molecular weight is 283 g/mol. The minimum atomic E-state index is 0.191. The molecule has 2 aliphatic rings. The highest BCUT2D eigenvalue weighted by molar-refractivity contribution is 4.91. The predicted molar refractivity (Wildman–Crippen MR) is 84.2 cm³/mol. The Balaban J connectivity index is 1.86. The molecule has 2 saturated heterocycles. The zero-order valence-corrected chi connectivity index (χ0v) is 13.9. The van der Waals surface area contributed by atoms with Crippen LogP contribution in [0.15, 0.2) is 0 Å². The third-order valence-corrected chi connectivity index (χ3v) is 4.65. The average Bonchev–Trinajstić information content (AvgIpc) is 2.86. The van der Waals surface area contributed by atoms with Gasteiger partial charge in [0.15, 0.2) is 0 Å². The van der Waals surface area contributed by atoms with Gasteiger partial charge < -0.3 is 19.9 Å². The maximum absolute atomic E-state index is 5.73. The van der Waals surface area contributed by atoms with Gasteiger partial charge in [0.1, 0.15) is 0 Å². The molecule has 0 aromatic rings. The van der Waals surface area contributed by atoms with Gasteiger partial charge in [-0.1, -0.05) is 6.92 Å². The van der Waals surface area contributed by atoms with Crippen LogP contribution in [-0.4, -0.2) is 74.4 Å². The highest BCUT2D eigenvalue weighted by atomic mass is 16.5. The Bertz CT molecular complexity index is 287. The smallest absolute Gasteiger partial charge is 0.0547 e. The fourth-order valence-corrected chi connectivity index (χ4v) is 3.16. The van der Waals surface area contributed by atoms with Gasteiger partial charge in [-0.2, -0.15) is 0 Å². The molecule has 4 heteroatoms. The first kappa shape index (κ1) is 16.2. The van der Waals surface area contributed by atoms with Crippen molar-refractivity contribution in [2.24, 2.45) is 5.41 Å². The summed E-state index contributed by atoms with van der Waals surface area (Å²) in [5, 5.41) is 3.70. The van der Waals surface area contributed by atoms with Gasteiger partial charge >= 0.3 is 0 Å². The highest BCUT2D eigenvalue weighted by Crippen LogP contribution is 2.30. The Hall–Kier alpha value is -0.160. The zero-order valence-electron chi connectivity index (χ0n) is 13.9. The van der Waals surface area contributed by atoms with Crippen molar-refractivity contribution in [3.8, 4) is 0 Å². The Morgan fingerprint density at radius 2 is 1.75 bits per heavy atom. The molecule has 0 aromatic carbocycles. The van der Waals surface area contributed by atoms with Gasteiger partial charge in [0.2, 0.25) is 0 Å². The van der Waals surface area contributed by atoms with Crippen molar-refractivity contribution in [1.29, 1.82) is 0 Å². The van der Waals surface area contributed by atoms with E-state index in [0.29, 0.717) is 5.41 Å². The van der Waals surface area contributed by atoms with E-state index in [0.717, 1.165) is 19.8 Å². The predicted octanol–water partition coefficient (Wildman–Crippen LogP) is 1.42. The fraction of sp³-hybridized carbons (Fsp3) is 1.00. The SMILES string of the molecule is CCN1CCN(CC2(CNC(C)(C)C)CCOC2)CC1. The number of nitrogens with one attached hydrogen (secondary N) is 1. The summed E-state index contributed by atoms with van der Waals surface area (Å²) in [4.78, 5) is 5.19. The number of nitrogens with zero attached hydrogens (tertiary/aromatic N) is 2. The summed E-state index contributed by atoms with van der Waals surface area (Å²) in [6, 6.07) is 0. The van der Waals surface area contributed by atoms with E-state index in [-0.39, 0.29) is 5.54 Å². The summed E-state index contributed by atoms with van der Waals surface area (Å²) in [6.07, 6.45) is 1.20. The van der Waals surface area contributed by atoms with E-state index >= 15 is 0 Å². The molecule has 0 amide bonds. The van der Waals surface area contributed by atoms with E-state index in [9.17, 15) is 0 Å². The minimum Gasteiger partial charge on any atom is -0.381 e. The van der Waals surface area contributed by atoms with Crippen LogP contribution in [0.25, 0.3) is 0 Å². The summed E-state index contributed by atoms with van der Waals surface area (Å²) >= 11 is 0. The summed E-state index contributed by atoms with van der Waals surface area (Å²) in [7, 11) is 0. The summed E-state index contributed by atoms with van der Waals surface area (Å²) in [5.74, 6) is 0. The second-order valence-electron chi connectivity index (χ2n) is 7.62. The first-order valence-corrected chi connectivity index (χ1v) is 8.20. The Kier molecular flexibility index (Phi) is 5.46. The largest absolute Gasteiger partial charge is 0.381 e. The molecule has 0 bridgehead atoms. The molecule has 2 heterocycles. The van der Waals surface area contributed by atoms with Crippen LogP contribution in [0.3, 0.4) is 0 Å². The summed E-state index contributed by atoms with van der Waals surface area (Å²) < 4.78 is 5.73. The first-order valence-electron chi connectivity index (χ1n) is 8.20.